The van der Waals surface area contributed by atoms with Crippen molar-refractivity contribution in [1.29, 1.82) is 0 Å². The Balaban J connectivity index is 4.40. The van der Waals surface area contributed by atoms with E-state index in [1.165, 1.54) is 5.70 Å². The first-order valence-corrected chi connectivity index (χ1v) is 4.88. The van der Waals surface area contributed by atoms with Gasteiger partial charge >= 0.3 is 0 Å². The molecule has 3 heteroatoms. The number of allylic oxidation sites excluding steroid dienone is 1. The van der Waals surface area contributed by atoms with Gasteiger partial charge < -0.3 is 16.0 Å². The molecule has 78 valence electrons. The zero-order valence-corrected chi connectivity index (χ0v) is 9.49. The summed E-state index contributed by atoms with van der Waals surface area (Å²) in [6.07, 6.45) is 4.14. The summed E-state index contributed by atoms with van der Waals surface area (Å²) in [6, 6.07) is 0. The summed E-state index contributed by atoms with van der Waals surface area (Å²) < 4.78 is 0. The Kier molecular flexibility index (Phi) is 5.75. The van der Waals surface area contributed by atoms with Crippen molar-refractivity contribution in [3.05, 3.63) is 11.8 Å². The molecule has 0 unspecified atom stereocenters. The van der Waals surface area contributed by atoms with Gasteiger partial charge in [0.1, 0.15) is 0 Å². The highest BCUT2D eigenvalue weighted by molar-refractivity contribution is 5.03. The zero-order chi connectivity index (χ0) is 10.3. The second kappa shape index (κ2) is 6.00. The number of rotatable bonds is 6. The monoisotopic (exact) mass is 185 g/mol. The standard InChI is InChI=1S/C10H23N3/c1-6-9(11-3)8-10(7-2,12-4)13-5/h6,11-13H,7-8H2,1-5H3. The van der Waals surface area contributed by atoms with Crippen LogP contribution in [0.2, 0.25) is 0 Å². The Hall–Kier alpha value is -0.540. The molecule has 0 aliphatic carbocycles. The van der Waals surface area contributed by atoms with E-state index in [2.05, 4.69) is 35.9 Å². The number of hydrogen-bond acceptors (Lipinski definition) is 3. The van der Waals surface area contributed by atoms with E-state index in [0.29, 0.717) is 0 Å². The van der Waals surface area contributed by atoms with Gasteiger partial charge in [-0.25, -0.2) is 0 Å². The quantitative estimate of drug-likeness (QED) is 0.541. The van der Waals surface area contributed by atoms with Crippen LogP contribution in [0.4, 0.5) is 0 Å². The molecule has 0 bridgehead atoms. The molecule has 0 aromatic carbocycles. The molecule has 0 aromatic rings. The molecule has 0 aromatic heterocycles. The van der Waals surface area contributed by atoms with Crippen LogP contribution in [0.5, 0.6) is 0 Å². The van der Waals surface area contributed by atoms with E-state index in [-0.39, 0.29) is 5.66 Å². The van der Waals surface area contributed by atoms with E-state index in [0.717, 1.165) is 12.8 Å². The van der Waals surface area contributed by atoms with Gasteiger partial charge in [0, 0.05) is 19.2 Å². The molecule has 0 radical (unpaired) electrons. The molecular weight excluding hydrogens is 162 g/mol. The largest absolute Gasteiger partial charge is 0.392 e. The van der Waals surface area contributed by atoms with Crippen molar-refractivity contribution in [3.8, 4) is 0 Å². The Labute approximate surface area is 82.0 Å². The van der Waals surface area contributed by atoms with Gasteiger partial charge in [0.2, 0.25) is 0 Å². The highest BCUT2D eigenvalue weighted by Gasteiger charge is 2.24. The first-order chi connectivity index (χ1) is 6.17. The van der Waals surface area contributed by atoms with Gasteiger partial charge in [0.05, 0.1) is 5.66 Å². The van der Waals surface area contributed by atoms with E-state index >= 15 is 0 Å². The summed E-state index contributed by atoms with van der Waals surface area (Å²) in [5, 5.41) is 9.84. The van der Waals surface area contributed by atoms with E-state index in [9.17, 15) is 0 Å². The highest BCUT2D eigenvalue weighted by Crippen LogP contribution is 2.14. The highest BCUT2D eigenvalue weighted by atomic mass is 15.2. The molecular formula is C10H23N3. The Morgan fingerprint density at radius 2 is 1.77 bits per heavy atom. The van der Waals surface area contributed by atoms with Crippen molar-refractivity contribution in [2.24, 2.45) is 0 Å². The maximum Gasteiger partial charge on any atom is 0.0735 e. The summed E-state index contributed by atoms with van der Waals surface area (Å²) in [5.74, 6) is 0. The van der Waals surface area contributed by atoms with Crippen LogP contribution in [0, 0.1) is 0 Å². The Bertz CT molecular complexity index is 151. The maximum atomic E-state index is 3.32. The molecule has 0 heterocycles. The second-order valence-corrected chi connectivity index (χ2v) is 3.18. The Morgan fingerprint density at radius 3 is 2.00 bits per heavy atom. The van der Waals surface area contributed by atoms with Crippen LogP contribution in [0.15, 0.2) is 11.8 Å². The fraction of sp³-hybridized carbons (Fsp3) is 0.800. The smallest absolute Gasteiger partial charge is 0.0735 e. The minimum atomic E-state index is 0.0187. The molecule has 0 rings (SSSR count). The van der Waals surface area contributed by atoms with E-state index < -0.39 is 0 Å². The van der Waals surface area contributed by atoms with Crippen LogP contribution >= 0.6 is 0 Å². The topological polar surface area (TPSA) is 36.1 Å². The molecule has 13 heavy (non-hydrogen) atoms. The van der Waals surface area contributed by atoms with Gasteiger partial charge in [-0.15, -0.1) is 0 Å². The molecule has 0 fully saturated rings. The first kappa shape index (κ1) is 12.5. The van der Waals surface area contributed by atoms with Crippen LogP contribution in [0.3, 0.4) is 0 Å². The summed E-state index contributed by atoms with van der Waals surface area (Å²) >= 11 is 0. The van der Waals surface area contributed by atoms with Crippen molar-refractivity contribution in [2.75, 3.05) is 21.1 Å². The third kappa shape index (κ3) is 3.36. The summed E-state index contributed by atoms with van der Waals surface area (Å²) in [5.41, 5.74) is 1.27. The fourth-order valence-electron chi connectivity index (χ4n) is 1.44. The van der Waals surface area contributed by atoms with E-state index in [1.807, 2.05) is 21.1 Å². The molecule has 0 saturated heterocycles. The number of hydrogen-bond donors (Lipinski definition) is 3. The van der Waals surface area contributed by atoms with Crippen LogP contribution in [-0.2, 0) is 0 Å². The van der Waals surface area contributed by atoms with Gasteiger partial charge in [0.15, 0.2) is 0 Å². The minimum absolute atomic E-state index is 0.0187. The van der Waals surface area contributed by atoms with Crippen molar-refractivity contribution in [3.63, 3.8) is 0 Å². The van der Waals surface area contributed by atoms with Crippen LogP contribution in [0.1, 0.15) is 26.7 Å². The average molecular weight is 185 g/mol. The second-order valence-electron chi connectivity index (χ2n) is 3.18. The average Bonchev–Trinajstić information content (AvgIpc) is 2.21. The lowest BCUT2D eigenvalue weighted by Gasteiger charge is -2.33. The van der Waals surface area contributed by atoms with Gasteiger partial charge in [0.25, 0.3) is 0 Å². The fourth-order valence-corrected chi connectivity index (χ4v) is 1.44. The molecule has 0 aliphatic heterocycles. The van der Waals surface area contributed by atoms with E-state index in [4.69, 9.17) is 0 Å². The zero-order valence-electron chi connectivity index (χ0n) is 9.49. The van der Waals surface area contributed by atoms with Crippen molar-refractivity contribution >= 4 is 0 Å². The van der Waals surface area contributed by atoms with Crippen LogP contribution in [0.25, 0.3) is 0 Å². The van der Waals surface area contributed by atoms with Crippen molar-refractivity contribution in [2.45, 2.75) is 32.4 Å². The number of nitrogens with one attached hydrogen (secondary N) is 3. The maximum absolute atomic E-state index is 3.32. The van der Waals surface area contributed by atoms with Gasteiger partial charge in [-0.3, -0.25) is 0 Å². The normalized spacial score (nSPS) is 13.2. The molecule has 0 saturated carbocycles. The molecule has 0 amide bonds. The summed E-state index contributed by atoms with van der Waals surface area (Å²) in [6.45, 7) is 4.23. The molecule has 3 nitrogen and oxygen atoms in total. The third-order valence-corrected chi connectivity index (χ3v) is 2.72. The third-order valence-electron chi connectivity index (χ3n) is 2.72. The van der Waals surface area contributed by atoms with E-state index in [1.54, 1.807) is 0 Å². The molecule has 0 spiro atoms. The van der Waals surface area contributed by atoms with Crippen molar-refractivity contribution in [1.82, 2.24) is 16.0 Å². The SMILES string of the molecule is CC=C(CC(CC)(NC)NC)NC. The predicted octanol–water partition coefficient (Wildman–Crippen LogP) is 1.04. The first-order valence-electron chi connectivity index (χ1n) is 4.88. The summed E-state index contributed by atoms with van der Waals surface area (Å²) in [4.78, 5) is 0. The lowest BCUT2D eigenvalue weighted by Crippen LogP contribution is -2.54. The van der Waals surface area contributed by atoms with Crippen LogP contribution in [-0.4, -0.2) is 26.8 Å². The lowest BCUT2D eigenvalue weighted by atomic mass is 10.0. The molecule has 3 N–H and O–H groups in total. The van der Waals surface area contributed by atoms with Crippen LogP contribution < -0.4 is 16.0 Å². The molecule has 0 atom stereocenters. The minimum Gasteiger partial charge on any atom is -0.392 e. The van der Waals surface area contributed by atoms with Gasteiger partial charge in [-0.2, -0.15) is 0 Å². The predicted molar refractivity (Wildman–Crippen MR) is 58.6 cm³/mol. The van der Waals surface area contributed by atoms with Gasteiger partial charge in [-0.1, -0.05) is 13.0 Å². The Morgan fingerprint density at radius 1 is 1.23 bits per heavy atom. The lowest BCUT2D eigenvalue weighted by molar-refractivity contribution is 0.277. The molecule has 0 aliphatic rings. The summed E-state index contributed by atoms with van der Waals surface area (Å²) in [7, 11) is 5.94. The van der Waals surface area contributed by atoms with Gasteiger partial charge in [-0.05, 0) is 27.4 Å². The van der Waals surface area contributed by atoms with Crippen molar-refractivity contribution < 1.29 is 0 Å².